The molecule has 0 N–H and O–H groups in total. The molecule has 11 heteroatoms. The van der Waals surface area contributed by atoms with Crippen LogP contribution in [-0.4, -0.2) is 53.4 Å². The Morgan fingerprint density at radius 3 is 2.49 bits per heavy atom. The molecule has 200 valence electrons. The Morgan fingerprint density at radius 2 is 1.86 bits per heavy atom. The Bertz CT molecular complexity index is 1180. The summed E-state index contributed by atoms with van der Waals surface area (Å²) in [4.78, 5) is 0. The molecule has 1 aromatic carbocycles. The van der Waals surface area contributed by atoms with E-state index in [4.69, 9.17) is 19.1 Å². The van der Waals surface area contributed by atoms with Crippen LogP contribution in [0.1, 0.15) is 47.6 Å². The van der Waals surface area contributed by atoms with Gasteiger partial charge in [-0.3, -0.25) is 8.99 Å². The summed E-state index contributed by atoms with van der Waals surface area (Å²) in [6.07, 6.45) is 3.82. The van der Waals surface area contributed by atoms with Crippen molar-refractivity contribution in [1.82, 2.24) is 9.78 Å². The summed E-state index contributed by atoms with van der Waals surface area (Å²) in [5.41, 5.74) is 0.247. The molecule has 2 heterocycles. The number of allylic oxidation sites excluding steroid dienone is 3. The molecule has 1 aliphatic carbocycles. The second kappa shape index (κ2) is 10.5. The molecule has 0 radical (unpaired) electrons. The average Bonchev–Trinajstić information content (AvgIpc) is 3.34. The number of nitrogens with zero attached hydrogens (tertiary/aromatic N) is 3. The normalized spacial score (nSPS) is 22.6. The van der Waals surface area contributed by atoms with Gasteiger partial charge in [0.1, 0.15) is 18.7 Å². The molecule has 2 unspecified atom stereocenters. The highest BCUT2D eigenvalue weighted by Gasteiger charge is 2.53. The van der Waals surface area contributed by atoms with E-state index >= 15 is 4.39 Å². The summed E-state index contributed by atoms with van der Waals surface area (Å²) in [5, 5.41) is 3.83. The maximum Gasteiger partial charge on any atom is 0.498 e. The van der Waals surface area contributed by atoms with E-state index in [1.807, 2.05) is 47.7 Å². The molecule has 6 nitrogen and oxygen atoms in total. The fourth-order valence-corrected chi connectivity index (χ4v) is 5.14. The maximum absolute atomic E-state index is 16.2. The van der Waals surface area contributed by atoms with Crippen LogP contribution in [0.3, 0.4) is 0 Å². The van der Waals surface area contributed by atoms with Crippen molar-refractivity contribution in [2.75, 3.05) is 18.1 Å². The van der Waals surface area contributed by atoms with Gasteiger partial charge in [0.2, 0.25) is 0 Å². The van der Waals surface area contributed by atoms with E-state index in [1.54, 1.807) is 22.9 Å². The van der Waals surface area contributed by atoms with E-state index in [2.05, 4.69) is 0 Å². The van der Waals surface area contributed by atoms with Gasteiger partial charge < -0.3 is 14.0 Å². The van der Waals surface area contributed by atoms with E-state index in [1.165, 1.54) is 17.5 Å². The molecule has 1 aromatic heterocycles. The number of ether oxygens (including phenoxy) is 1. The van der Waals surface area contributed by atoms with Crippen LogP contribution in [0.15, 0.2) is 48.5 Å². The molecule has 2 atom stereocenters. The van der Waals surface area contributed by atoms with E-state index < -0.39 is 41.4 Å². The molecule has 1 saturated heterocycles. The number of benzene rings is 1. The Kier molecular flexibility index (Phi) is 7.91. The van der Waals surface area contributed by atoms with Gasteiger partial charge in [-0.1, -0.05) is 6.07 Å². The van der Waals surface area contributed by atoms with Crippen molar-refractivity contribution in [2.45, 2.75) is 70.2 Å². The average molecular weight is 535 g/mol. The first-order chi connectivity index (χ1) is 17.3. The predicted molar refractivity (Wildman–Crippen MR) is 143 cm³/mol. The topological polar surface area (TPSA) is 48.8 Å². The van der Waals surface area contributed by atoms with Gasteiger partial charge >= 0.3 is 7.12 Å². The molecule has 0 amide bonds. The summed E-state index contributed by atoms with van der Waals surface area (Å²) in [7, 11) is 0.717. The van der Waals surface area contributed by atoms with Gasteiger partial charge in [-0.15, -0.1) is 0 Å². The summed E-state index contributed by atoms with van der Waals surface area (Å²) >= 11 is 0.963. The number of halogens is 3. The minimum absolute atomic E-state index is 0.0178. The van der Waals surface area contributed by atoms with Crippen LogP contribution >= 0.6 is 11.9 Å². The van der Waals surface area contributed by atoms with Crippen molar-refractivity contribution in [1.29, 1.82) is 0 Å². The van der Waals surface area contributed by atoms with Crippen LogP contribution in [0.2, 0.25) is 0 Å². The second-order valence-electron chi connectivity index (χ2n) is 10.5. The third kappa shape index (κ3) is 5.50. The molecule has 0 spiro atoms. The Hall–Kier alpha value is -2.21. The van der Waals surface area contributed by atoms with Crippen LogP contribution in [0.25, 0.3) is 11.3 Å². The molecule has 2 aromatic rings. The minimum atomic E-state index is -1.42. The first kappa shape index (κ1) is 27.8. The highest BCUT2D eigenvalue weighted by molar-refractivity contribution is 8.01. The summed E-state index contributed by atoms with van der Waals surface area (Å²) in [5.74, 6) is -1.10. The number of aromatic nitrogens is 2. The molecule has 1 fully saturated rings. The smallest absolute Gasteiger partial charge is 0.399 e. The first-order valence-electron chi connectivity index (χ1n) is 12.2. The minimum Gasteiger partial charge on any atom is -0.399 e. The number of hydrogen-bond acceptors (Lipinski definition) is 6. The third-order valence-corrected chi connectivity index (χ3v) is 8.07. The molecule has 37 heavy (non-hydrogen) atoms. The maximum atomic E-state index is 16.2. The quantitative estimate of drug-likeness (QED) is 0.244. The van der Waals surface area contributed by atoms with E-state index in [0.717, 1.165) is 24.1 Å². The van der Waals surface area contributed by atoms with E-state index in [-0.39, 0.29) is 24.0 Å². The fourth-order valence-electron chi connectivity index (χ4n) is 4.02. The Balaban J connectivity index is 1.75. The number of alkyl halides is 1. The molecular weight excluding hydrogens is 502 g/mol. The van der Waals surface area contributed by atoms with Gasteiger partial charge in [0, 0.05) is 30.4 Å². The van der Waals surface area contributed by atoms with Gasteiger partial charge in [0.25, 0.3) is 0 Å². The van der Waals surface area contributed by atoms with Crippen LogP contribution in [0.4, 0.5) is 18.9 Å². The zero-order valence-corrected chi connectivity index (χ0v) is 23.0. The van der Waals surface area contributed by atoms with Gasteiger partial charge in [-0.25, -0.2) is 13.2 Å². The first-order valence-corrected chi connectivity index (χ1v) is 13.0. The van der Waals surface area contributed by atoms with Gasteiger partial charge in [-0.05, 0) is 83.9 Å². The van der Waals surface area contributed by atoms with Crippen LogP contribution in [0, 0.1) is 5.82 Å². The number of hydrogen-bond donors (Lipinski definition) is 0. The lowest BCUT2D eigenvalue weighted by molar-refractivity contribution is 0.00578. The van der Waals surface area contributed by atoms with E-state index in [0.29, 0.717) is 11.2 Å². The summed E-state index contributed by atoms with van der Waals surface area (Å²) < 4.78 is 65.5. The molecule has 0 bridgehead atoms. The lowest BCUT2D eigenvalue weighted by Gasteiger charge is -2.32. The van der Waals surface area contributed by atoms with Crippen molar-refractivity contribution in [3.63, 3.8) is 0 Å². The predicted octanol–water partition coefficient (Wildman–Crippen LogP) is 5.76. The lowest BCUT2D eigenvalue weighted by Crippen LogP contribution is -2.41. The number of rotatable bonds is 8. The van der Waals surface area contributed by atoms with Gasteiger partial charge in [-0.2, -0.15) is 5.10 Å². The van der Waals surface area contributed by atoms with Crippen LogP contribution < -0.4 is 9.77 Å². The fraction of sp³-hybridized carbons (Fsp3) is 0.500. The molecule has 4 rings (SSSR count). The van der Waals surface area contributed by atoms with Crippen molar-refractivity contribution in [3.8, 4) is 11.3 Å². The van der Waals surface area contributed by atoms with Crippen molar-refractivity contribution in [2.24, 2.45) is 0 Å². The standard InChI is InChI=1S/C26H33BF3N3O3S/c1-16(2)32-14-19(27-35-25(3,4)26(5,6)36-27)24(31-32)18-9-8-10-21(23(18)30)33(15-34-7)37-22-13-17(28)11-12-20(22)29/h8-14,16,20,22H,15H2,1-7H3. The summed E-state index contributed by atoms with van der Waals surface area (Å²) in [6, 6.07) is 4.93. The highest BCUT2D eigenvalue weighted by Crippen LogP contribution is 2.39. The second-order valence-corrected chi connectivity index (χ2v) is 11.7. The SMILES string of the molecule is COCN(SC1C=C(F)C=CC1F)c1cccc(-c2nn(C(C)C)cc2B2OC(C)(C)C(C)(C)O2)c1F. The van der Waals surface area contributed by atoms with Gasteiger partial charge in [0.15, 0.2) is 5.82 Å². The molecule has 0 saturated carbocycles. The Morgan fingerprint density at radius 1 is 1.19 bits per heavy atom. The van der Waals surface area contributed by atoms with Crippen molar-refractivity contribution >= 4 is 30.2 Å². The number of anilines is 1. The van der Waals surface area contributed by atoms with Crippen LogP contribution in [-0.2, 0) is 14.0 Å². The lowest BCUT2D eigenvalue weighted by atomic mass is 9.78. The number of methoxy groups -OCH3 is 1. The third-order valence-electron chi connectivity index (χ3n) is 6.87. The van der Waals surface area contributed by atoms with Gasteiger partial charge in [0.05, 0.1) is 27.8 Å². The van der Waals surface area contributed by atoms with E-state index in [9.17, 15) is 8.78 Å². The molecule has 1 aliphatic heterocycles. The monoisotopic (exact) mass is 535 g/mol. The molecule has 2 aliphatic rings. The highest BCUT2D eigenvalue weighted by atomic mass is 32.2. The van der Waals surface area contributed by atoms with Crippen LogP contribution in [0.5, 0.6) is 0 Å². The zero-order valence-electron chi connectivity index (χ0n) is 22.2. The molecular formula is C26H33BF3N3O3S. The van der Waals surface area contributed by atoms with Crippen molar-refractivity contribution < 1.29 is 27.2 Å². The Labute approximate surface area is 221 Å². The largest absolute Gasteiger partial charge is 0.498 e. The van der Waals surface area contributed by atoms with Crippen molar-refractivity contribution in [3.05, 3.63) is 54.3 Å². The summed E-state index contributed by atoms with van der Waals surface area (Å²) in [6.45, 7) is 11.7. The zero-order chi connectivity index (χ0) is 27.1.